The first-order chi connectivity index (χ1) is 16.0. The van der Waals surface area contributed by atoms with Crippen molar-refractivity contribution in [1.82, 2.24) is 25.0 Å². The minimum absolute atomic E-state index is 0.114. The summed E-state index contributed by atoms with van der Waals surface area (Å²) in [7, 11) is 0. The van der Waals surface area contributed by atoms with Crippen molar-refractivity contribution in [3.05, 3.63) is 71.2 Å². The molecule has 3 heterocycles. The van der Waals surface area contributed by atoms with Crippen LogP contribution in [0.1, 0.15) is 53.9 Å². The largest absolute Gasteiger partial charge is 0.354 e. The maximum atomic E-state index is 13.0. The van der Waals surface area contributed by atoms with E-state index in [-0.39, 0.29) is 11.8 Å². The number of hydrogen-bond donors (Lipinski definition) is 1. The van der Waals surface area contributed by atoms with Crippen LogP contribution in [0.4, 0.5) is 5.82 Å². The zero-order valence-electron chi connectivity index (χ0n) is 20.1. The lowest BCUT2D eigenvalue weighted by Crippen LogP contribution is -2.46. The van der Waals surface area contributed by atoms with Crippen molar-refractivity contribution in [2.75, 3.05) is 37.6 Å². The summed E-state index contributed by atoms with van der Waals surface area (Å²) in [5.74, 6) is 1.04. The molecule has 0 atom stereocenters. The minimum atomic E-state index is -0.114. The van der Waals surface area contributed by atoms with E-state index in [2.05, 4.69) is 71.1 Å². The predicted octanol–water partition coefficient (Wildman–Crippen LogP) is 3.77. The molecule has 1 amide bonds. The maximum absolute atomic E-state index is 13.0. The lowest BCUT2D eigenvalue weighted by Gasteiger charge is -2.34. The average molecular weight is 447 g/mol. The van der Waals surface area contributed by atoms with Crippen LogP contribution in [0.2, 0.25) is 0 Å². The van der Waals surface area contributed by atoms with Gasteiger partial charge in [0.15, 0.2) is 0 Å². The van der Waals surface area contributed by atoms with Crippen LogP contribution in [0.5, 0.6) is 0 Å². The first-order valence-corrected chi connectivity index (χ1v) is 11.8. The second-order valence-corrected chi connectivity index (χ2v) is 8.97. The Morgan fingerprint density at radius 2 is 1.76 bits per heavy atom. The summed E-state index contributed by atoms with van der Waals surface area (Å²) < 4.78 is 1.87. The monoisotopic (exact) mass is 446 g/mol. The number of rotatable bonds is 7. The average Bonchev–Trinajstić information content (AvgIpc) is 3.29. The van der Waals surface area contributed by atoms with Gasteiger partial charge in [0.25, 0.3) is 5.91 Å². The molecule has 0 radical (unpaired) electrons. The Kier molecular flexibility index (Phi) is 7.08. The molecule has 1 fully saturated rings. The second kappa shape index (κ2) is 10.2. The van der Waals surface area contributed by atoms with Crippen LogP contribution < -0.4 is 10.2 Å². The zero-order chi connectivity index (χ0) is 23.4. The third-order valence-electron chi connectivity index (χ3n) is 6.28. The Bertz CT molecular complexity index is 1060. The molecule has 7 heteroatoms. The van der Waals surface area contributed by atoms with Crippen LogP contribution in [0, 0.1) is 6.92 Å². The van der Waals surface area contributed by atoms with Crippen molar-refractivity contribution in [2.45, 2.75) is 40.2 Å². The quantitative estimate of drug-likeness (QED) is 0.598. The highest BCUT2D eigenvalue weighted by atomic mass is 16.1. The Morgan fingerprint density at radius 3 is 2.36 bits per heavy atom. The summed E-state index contributed by atoms with van der Waals surface area (Å²) in [5, 5.41) is 7.57. The Balaban J connectivity index is 1.41. The number of benzene rings is 1. The summed E-state index contributed by atoms with van der Waals surface area (Å²) in [4.78, 5) is 22.4. The van der Waals surface area contributed by atoms with E-state index >= 15 is 0 Å². The SMILES string of the molecule is CCN1CCN(c2ccc(CNC(=O)c3cnn(-c4ccc(C)cc4)c3C(C)C)cn2)CC1. The number of piperazine rings is 1. The molecule has 4 rings (SSSR count). The van der Waals surface area contributed by atoms with E-state index in [0.29, 0.717) is 12.1 Å². The van der Waals surface area contributed by atoms with Crippen LogP contribution in [0.3, 0.4) is 0 Å². The lowest BCUT2D eigenvalue weighted by molar-refractivity contribution is 0.0949. The molecule has 1 saturated heterocycles. The Hall–Kier alpha value is -3.19. The van der Waals surface area contributed by atoms with Gasteiger partial charge in [-0.15, -0.1) is 0 Å². The van der Waals surface area contributed by atoms with E-state index in [1.165, 1.54) is 5.56 Å². The molecular weight excluding hydrogens is 412 g/mol. The van der Waals surface area contributed by atoms with Gasteiger partial charge < -0.3 is 15.1 Å². The second-order valence-electron chi connectivity index (χ2n) is 8.97. The summed E-state index contributed by atoms with van der Waals surface area (Å²) in [6, 6.07) is 12.3. The molecule has 0 saturated carbocycles. The van der Waals surface area contributed by atoms with E-state index < -0.39 is 0 Å². The van der Waals surface area contributed by atoms with Crippen molar-refractivity contribution in [3.63, 3.8) is 0 Å². The van der Waals surface area contributed by atoms with Crippen molar-refractivity contribution < 1.29 is 4.79 Å². The fourth-order valence-corrected chi connectivity index (χ4v) is 4.26. The van der Waals surface area contributed by atoms with Gasteiger partial charge in [-0.25, -0.2) is 9.67 Å². The van der Waals surface area contributed by atoms with Crippen LogP contribution in [-0.4, -0.2) is 58.3 Å². The van der Waals surface area contributed by atoms with Crippen LogP contribution in [0.15, 0.2) is 48.8 Å². The number of anilines is 1. The molecule has 2 aromatic heterocycles. The third-order valence-corrected chi connectivity index (χ3v) is 6.28. The number of likely N-dealkylation sites (N-methyl/N-ethyl adjacent to an activating group) is 1. The number of pyridine rings is 1. The number of carbonyl (C=O) groups is 1. The zero-order valence-corrected chi connectivity index (χ0v) is 20.1. The van der Waals surface area contributed by atoms with Gasteiger partial charge in [0.1, 0.15) is 5.82 Å². The van der Waals surface area contributed by atoms with Crippen LogP contribution >= 0.6 is 0 Å². The molecule has 1 aliphatic heterocycles. The first kappa shape index (κ1) is 23.0. The number of amides is 1. The fourth-order valence-electron chi connectivity index (χ4n) is 4.26. The highest BCUT2D eigenvalue weighted by Crippen LogP contribution is 2.23. The van der Waals surface area contributed by atoms with E-state index in [4.69, 9.17) is 0 Å². The summed E-state index contributed by atoms with van der Waals surface area (Å²) >= 11 is 0. The molecule has 0 unspecified atom stereocenters. The van der Waals surface area contributed by atoms with Gasteiger partial charge >= 0.3 is 0 Å². The predicted molar refractivity (Wildman–Crippen MR) is 132 cm³/mol. The normalized spacial score (nSPS) is 14.6. The van der Waals surface area contributed by atoms with Gasteiger partial charge in [0.05, 0.1) is 23.1 Å². The smallest absolute Gasteiger partial charge is 0.255 e. The van der Waals surface area contributed by atoms with Crippen LogP contribution in [0.25, 0.3) is 5.69 Å². The highest BCUT2D eigenvalue weighted by Gasteiger charge is 2.21. The molecule has 1 N–H and O–H groups in total. The molecule has 174 valence electrons. The van der Waals surface area contributed by atoms with Gasteiger partial charge in [0, 0.05) is 38.9 Å². The fraction of sp³-hybridized carbons (Fsp3) is 0.423. The Morgan fingerprint density at radius 1 is 1.03 bits per heavy atom. The van der Waals surface area contributed by atoms with Crippen molar-refractivity contribution in [2.24, 2.45) is 0 Å². The molecular formula is C26H34N6O. The van der Waals surface area contributed by atoms with Gasteiger partial charge in [-0.2, -0.15) is 5.10 Å². The number of nitrogens with one attached hydrogen (secondary N) is 1. The van der Waals surface area contributed by atoms with E-state index in [9.17, 15) is 4.79 Å². The molecule has 0 bridgehead atoms. The van der Waals surface area contributed by atoms with Crippen molar-refractivity contribution in [3.8, 4) is 5.69 Å². The summed E-state index contributed by atoms with van der Waals surface area (Å²) in [6.07, 6.45) is 3.53. The molecule has 0 aliphatic carbocycles. The molecule has 1 aliphatic rings. The summed E-state index contributed by atoms with van der Waals surface area (Å²) in [5.41, 5.74) is 4.66. The Labute approximate surface area is 196 Å². The van der Waals surface area contributed by atoms with Gasteiger partial charge in [-0.1, -0.05) is 44.5 Å². The molecule has 7 nitrogen and oxygen atoms in total. The van der Waals surface area contributed by atoms with Gasteiger partial charge in [0.2, 0.25) is 0 Å². The van der Waals surface area contributed by atoms with E-state index in [1.807, 2.05) is 29.1 Å². The lowest BCUT2D eigenvalue weighted by atomic mass is 10.0. The van der Waals surface area contributed by atoms with Gasteiger partial charge in [-0.05, 0) is 43.1 Å². The summed E-state index contributed by atoms with van der Waals surface area (Å²) in [6.45, 7) is 14.1. The molecule has 3 aromatic rings. The maximum Gasteiger partial charge on any atom is 0.255 e. The van der Waals surface area contributed by atoms with Gasteiger partial charge in [-0.3, -0.25) is 4.79 Å². The van der Waals surface area contributed by atoms with Crippen molar-refractivity contribution >= 4 is 11.7 Å². The standard InChI is InChI=1S/C26H34N6O/c1-5-30-12-14-31(15-13-30)24-11-8-21(16-27-24)17-28-26(33)23-18-29-32(25(23)19(2)3)22-9-6-20(4)7-10-22/h6-11,16,18-19H,5,12-15,17H2,1-4H3,(H,28,33). The number of aromatic nitrogens is 3. The molecule has 33 heavy (non-hydrogen) atoms. The third kappa shape index (κ3) is 5.25. The number of nitrogens with zero attached hydrogens (tertiary/aromatic N) is 5. The highest BCUT2D eigenvalue weighted by molar-refractivity contribution is 5.95. The first-order valence-electron chi connectivity index (χ1n) is 11.8. The molecule has 0 spiro atoms. The van der Waals surface area contributed by atoms with Crippen molar-refractivity contribution in [1.29, 1.82) is 0 Å². The molecule has 1 aromatic carbocycles. The number of aryl methyl sites for hydroxylation is 1. The number of carbonyl (C=O) groups excluding carboxylic acids is 1. The number of hydrogen-bond acceptors (Lipinski definition) is 5. The van der Waals surface area contributed by atoms with E-state index in [0.717, 1.165) is 55.5 Å². The van der Waals surface area contributed by atoms with Crippen LogP contribution in [-0.2, 0) is 6.54 Å². The van der Waals surface area contributed by atoms with E-state index in [1.54, 1.807) is 6.20 Å². The minimum Gasteiger partial charge on any atom is -0.354 e. The topological polar surface area (TPSA) is 66.3 Å².